The standard InChI is InChI=1S/C10H8Cl2N2S/c11-10(12)15-9-6-13-5-7-3-1-2-4-8(7)14-9/h1-6,14-15H. The molecule has 0 radical (unpaired) electrons. The van der Waals surface area contributed by atoms with Gasteiger partial charge in [0, 0.05) is 17.5 Å². The van der Waals surface area contributed by atoms with E-state index in [-0.39, 0.29) is 0 Å². The van der Waals surface area contributed by atoms with E-state index in [1.165, 1.54) is 0 Å². The van der Waals surface area contributed by atoms with E-state index in [1.54, 1.807) is 12.4 Å². The molecule has 1 aromatic carbocycles. The smallest absolute Gasteiger partial charge is 0.133 e. The summed E-state index contributed by atoms with van der Waals surface area (Å²) in [6, 6.07) is 7.91. The van der Waals surface area contributed by atoms with Gasteiger partial charge in [-0.1, -0.05) is 41.4 Å². The third kappa shape index (κ3) is 2.84. The Hall–Kier alpha value is -0.770. The summed E-state index contributed by atoms with van der Waals surface area (Å²) in [5, 5.41) is 4.08. The van der Waals surface area contributed by atoms with Crippen molar-refractivity contribution in [1.82, 2.24) is 0 Å². The van der Waals surface area contributed by atoms with Gasteiger partial charge in [-0.3, -0.25) is 4.99 Å². The van der Waals surface area contributed by atoms with E-state index >= 15 is 0 Å². The fourth-order valence-corrected chi connectivity index (χ4v) is 2.26. The van der Waals surface area contributed by atoms with Gasteiger partial charge in [-0.25, -0.2) is 0 Å². The zero-order chi connectivity index (χ0) is 10.7. The number of hydrogen-bond acceptors (Lipinski definition) is 2. The molecule has 1 aliphatic heterocycles. The number of benzene rings is 1. The van der Waals surface area contributed by atoms with E-state index in [0.717, 1.165) is 27.6 Å². The highest BCUT2D eigenvalue weighted by Crippen LogP contribution is 2.22. The molecule has 5 heteroatoms. The van der Waals surface area contributed by atoms with Crippen LogP contribution in [0.3, 0.4) is 0 Å². The Bertz CT molecular complexity index is 462. The minimum atomic E-state index is 0.295. The van der Waals surface area contributed by atoms with E-state index < -0.39 is 0 Å². The Morgan fingerprint density at radius 1 is 1.27 bits per heavy atom. The van der Waals surface area contributed by atoms with Crippen LogP contribution in [0.4, 0.5) is 5.69 Å². The van der Waals surface area contributed by atoms with Crippen molar-refractivity contribution in [2.45, 2.75) is 0 Å². The molecular weight excluding hydrogens is 251 g/mol. The number of nitrogens with one attached hydrogen (secondary N) is 1. The zero-order valence-corrected chi connectivity index (χ0v) is 10.0. The van der Waals surface area contributed by atoms with E-state index in [1.807, 2.05) is 24.3 Å². The van der Waals surface area contributed by atoms with Crippen molar-refractivity contribution in [2.24, 2.45) is 4.99 Å². The quantitative estimate of drug-likeness (QED) is 0.451. The number of fused-ring (bicyclic) bond motifs is 1. The Kier molecular flexibility index (Phi) is 3.46. The maximum absolute atomic E-state index is 5.63. The molecule has 0 fully saturated rings. The van der Waals surface area contributed by atoms with Crippen LogP contribution in [-0.2, 0) is 0 Å². The minimum Gasteiger partial charge on any atom is -0.349 e. The highest BCUT2D eigenvalue weighted by Gasteiger charge is 2.03. The van der Waals surface area contributed by atoms with E-state index in [9.17, 15) is 0 Å². The first-order valence-electron chi connectivity index (χ1n) is 4.25. The van der Waals surface area contributed by atoms with Crippen LogP contribution in [0.15, 0.2) is 40.5 Å². The van der Waals surface area contributed by atoms with E-state index in [0.29, 0.717) is 3.78 Å². The summed E-state index contributed by atoms with van der Waals surface area (Å²) in [5.41, 5.74) is 2.05. The van der Waals surface area contributed by atoms with Crippen LogP contribution in [0.25, 0.3) is 0 Å². The summed E-state index contributed by atoms with van der Waals surface area (Å²) in [4.78, 5) is 4.16. The van der Waals surface area contributed by atoms with Gasteiger partial charge in [0.15, 0.2) is 0 Å². The number of thiol groups is 1. The Morgan fingerprint density at radius 2 is 2.07 bits per heavy atom. The molecule has 0 saturated carbocycles. The average molecular weight is 259 g/mol. The zero-order valence-electron chi connectivity index (χ0n) is 7.61. The van der Waals surface area contributed by atoms with Crippen LogP contribution in [-0.4, -0.2) is 10.00 Å². The summed E-state index contributed by atoms with van der Waals surface area (Å²) in [5.74, 6) is 0. The Labute approximate surface area is 102 Å². The summed E-state index contributed by atoms with van der Waals surface area (Å²) in [6.07, 6.45) is 3.51. The fourth-order valence-electron chi connectivity index (χ4n) is 1.23. The molecule has 1 aromatic rings. The summed E-state index contributed by atoms with van der Waals surface area (Å²) in [6.45, 7) is 0. The first-order valence-corrected chi connectivity index (χ1v) is 5.90. The molecule has 1 N–H and O–H groups in total. The Balaban J connectivity index is 2.35. The van der Waals surface area contributed by atoms with Gasteiger partial charge in [0.25, 0.3) is 0 Å². The predicted molar refractivity (Wildman–Crippen MR) is 71.4 cm³/mol. The molecule has 2 rings (SSSR count). The number of para-hydroxylation sites is 1. The normalized spacial score (nSPS) is 13.6. The monoisotopic (exact) mass is 258 g/mol. The van der Waals surface area contributed by atoms with Gasteiger partial charge in [-0.05, 0) is 6.07 Å². The van der Waals surface area contributed by atoms with Gasteiger partial charge >= 0.3 is 0 Å². The number of anilines is 1. The lowest BCUT2D eigenvalue weighted by atomic mass is 10.2. The molecular formula is C10H8Cl2N2S. The molecule has 0 aromatic heterocycles. The maximum Gasteiger partial charge on any atom is 0.133 e. The van der Waals surface area contributed by atoms with Crippen LogP contribution < -0.4 is 5.32 Å². The third-order valence-corrected chi connectivity index (χ3v) is 2.98. The van der Waals surface area contributed by atoms with Crippen LogP contribution in [0, 0.1) is 0 Å². The molecule has 0 saturated heterocycles. The number of rotatable bonds is 1. The second kappa shape index (κ2) is 4.84. The summed E-state index contributed by atoms with van der Waals surface area (Å²) < 4.78 is 0.295. The summed E-state index contributed by atoms with van der Waals surface area (Å²) in [7, 11) is 0. The Morgan fingerprint density at radius 3 is 2.87 bits per heavy atom. The fraction of sp³-hybridized carbons (Fsp3) is 0. The van der Waals surface area contributed by atoms with Crippen LogP contribution in [0.2, 0.25) is 0 Å². The van der Waals surface area contributed by atoms with E-state index in [2.05, 4.69) is 10.3 Å². The second-order valence-electron chi connectivity index (χ2n) is 2.86. The number of nitrogens with zero attached hydrogens (tertiary/aromatic N) is 1. The molecule has 0 bridgehead atoms. The van der Waals surface area contributed by atoms with Crippen molar-refractivity contribution in [2.75, 3.05) is 5.32 Å². The molecule has 0 spiro atoms. The van der Waals surface area contributed by atoms with Gasteiger partial charge in [-0.2, -0.15) is 0 Å². The minimum absolute atomic E-state index is 0.295. The first-order chi connectivity index (χ1) is 7.25. The SMILES string of the molecule is ClC(Cl)=[SH]C1=CN=Cc2ccccc2N1. The first kappa shape index (κ1) is 10.7. The summed E-state index contributed by atoms with van der Waals surface area (Å²) >= 11 is 12.0. The van der Waals surface area contributed by atoms with Crippen molar-refractivity contribution < 1.29 is 0 Å². The van der Waals surface area contributed by atoms with Crippen LogP contribution in [0.1, 0.15) is 5.56 Å². The van der Waals surface area contributed by atoms with Gasteiger partial charge in [-0.15, -0.1) is 11.4 Å². The van der Waals surface area contributed by atoms with Crippen molar-refractivity contribution in [3.63, 3.8) is 0 Å². The third-order valence-electron chi connectivity index (χ3n) is 1.84. The topological polar surface area (TPSA) is 24.4 Å². The maximum atomic E-state index is 5.63. The molecule has 15 heavy (non-hydrogen) atoms. The average Bonchev–Trinajstić information content (AvgIpc) is 2.38. The number of aliphatic imine (C=N–C) groups is 1. The molecule has 0 atom stereocenters. The molecule has 0 aliphatic carbocycles. The van der Waals surface area contributed by atoms with Crippen molar-refractivity contribution >= 4 is 50.2 Å². The molecule has 1 heterocycles. The highest BCUT2D eigenvalue weighted by atomic mass is 35.5. The lowest BCUT2D eigenvalue weighted by Gasteiger charge is -2.07. The molecule has 2 nitrogen and oxygen atoms in total. The molecule has 0 unspecified atom stereocenters. The van der Waals surface area contributed by atoms with Gasteiger partial charge in [0.05, 0.1) is 11.2 Å². The van der Waals surface area contributed by atoms with E-state index in [4.69, 9.17) is 23.2 Å². The number of halogens is 2. The van der Waals surface area contributed by atoms with Crippen LogP contribution in [0.5, 0.6) is 0 Å². The van der Waals surface area contributed by atoms with Crippen LogP contribution >= 0.6 is 34.6 Å². The number of hydrogen-bond donors (Lipinski definition) is 2. The van der Waals surface area contributed by atoms with Crippen molar-refractivity contribution in [3.05, 3.63) is 41.1 Å². The predicted octanol–water partition coefficient (Wildman–Crippen LogP) is 3.36. The van der Waals surface area contributed by atoms with Crippen molar-refractivity contribution in [3.8, 4) is 0 Å². The molecule has 1 aliphatic rings. The van der Waals surface area contributed by atoms with Gasteiger partial charge in [0.1, 0.15) is 3.78 Å². The van der Waals surface area contributed by atoms with Gasteiger partial charge < -0.3 is 5.32 Å². The van der Waals surface area contributed by atoms with Gasteiger partial charge in [0.2, 0.25) is 0 Å². The molecule has 78 valence electrons. The van der Waals surface area contributed by atoms with Crippen molar-refractivity contribution in [1.29, 1.82) is 0 Å². The lowest BCUT2D eigenvalue weighted by molar-refractivity contribution is 1.53. The second-order valence-corrected chi connectivity index (χ2v) is 5.49. The molecule has 0 amide bonds. The lowest BCUT2D eigenvalue weighted by Crippen LogP contribution is -1.96. The largest absolute Gasteiger partial charge is 0.349 e. The highest BCUT2D eigenvalue weighted by molar-refractivity contribution is 8.06.